The Morgan fingerprint density at radius 1 is 1.67 bits per heavy atom. The van der Waals surface area contributed by atoms with Crippen molar-refractivity contribution < 1.29 is 0 Å². The van der Waals surface area contributed by atoms with Gasteiger partial charge in [-0.2, -0.15) is 0 Å². The minimum Gasteiger partial charge on any atom is -0.316 e. The topological polar surface area (TPSA) is 24.9 Å². The van der Waals surface area contributed by atoms with E-state index in [9.17, 15) is 0 Å². The van der Waals surface area contributed by atoms with Crippen LogP contribution >= 0.6 is 27.3 Å². The number of aromatic nitrogens is 1. The highest BCUT2D eigenvalue weighted by Crippen LogP contribution is 2.27. The maximum atomic E-state index is 4.43. The third kappa shape index (κ3) is 1.87. The fraction of sp³-hybridized carbons (Fsp3) is 0.625. The molecule has 2 heterocycles. The number of nitrogens with zero attached hydrogens (tertiary/aromatic N) is 1. The first kappa shape index (κ1) is 8.66. The highest BCUT2D eigenvalue weighted by molar-refractivity contribution is 9.10. The number of halogens is 1. The molecule has 1 fully saturated rings. The van der Waals surface area contributed by atoms with Crippen molar-refractivity contribution in [3.05, 3.63) is 15.0 Å². The lowest BCUT2D eigenvalue weighted by Gasteiger charge is -2.20. The predicted molar refractivity (Wildman–Crippen MR) is 54.7 cm³/mol. The summed E-state index contributed by atoms with van der Waals surface area (Å²) in [5, 5.41) is 6.73. The molecule has 0 bridgehead atoms. The fourth-order valence-corrected chi connectivity index (χ4v) is 2.92. The summed E-state index contributed by atoms with van der Waals surface area (Å²) in [7, 11) is 0. The van der Waals surface area contributed by atoms with E-state index in [1.54, 1.807) is 11.3 Å². The van der Waals surface area contributed by atoms with Crippen molar-refractivity contribution in [1.29, 1.82) is 0 Å². The van der Waals surface area contributed by atoms with Gasteiger partial charge in [0.1, 0.15) is 4.60 Å². The second-order valence-electron chi connectivity index (χ2n) is 3.05. The number of nitrogens with one attached hydrogen (secondary N) is 1. The summed E-state index contributed by atoms with van der Waals surface area (Å²) in [6.07, 6.45) is 2.56. The van der Waals surface area contributed by atoms with Crippen LogP contribution in [0.25, 0.3) is 0 Å². The summed E-state index contributed by atoms with van der Waals surface area (Å²) in [4.78, 5) is 4.43. The quantitative estimate of drug-likeness (QED) is 0.824. The van der Waals surface area contributed by atoms with Crippen LogP contribution in [0.5, 0.6) is 0 Å². The molecule has 1 unspecified atom stereocenters. The van der Waals surface area contributed by atoms with E-state index >= 15 is 0 Å². The normalized spacial score (nSPS) is 24.2. The highest BCUT2D eigenvalue weighted by Gasteiger charge is 2.17. The zero-order valence-corrected chi connectivity index (χ0v) is 9.12. The van der Waals surface area contributed by atoms with Crippen LogP contribution in [0.15, 0.2) is 9.98 Å². The van der Waals surface area contributed by atoms with Crippen LogP contribution in [0.2, 0.25) is 0 Å². The monoisotopic (exact) mass is 246 g/mol. The second kappa shape index (κ2) is 3.85. The Morgan fingerprint density at radius 3 is 3.17 bits per heavy atom. The van der Waals surface area contributed by atoms with Crippen molar-refractivity contribution in [2.75, 3.05) is 13.1 Å². The van der Waals surface area contributed by atoms with Crippen LogP contribution in [-0.2, 0) is 0 Å². The third-order valence-corrected chi connectivity index (χ3v) is 3.86. The molecule has 0 radical (unpaired) electrons. The Kier molecular flexibility index (Phi) is 2.78. The predicted octanol–water partition coefficient (Wildman–Crippen LogP) is 2.37. The van der Waals surface area contributed by atoms with E-state index in [0.29, 0.717) is 5.92 Å². The highest BCUT2D eigenvalue weighted by atomic mass is 79.9. The Bertz CT molecular complexity index is 255. The molecule has 4 heteroatoms. The number of hydrogen-bond acceptors (Lipinski definition) is 3. The zero-order valence-electron chi connectivity index (χ0n) is 6.72. The van der Waals surface area contributed by atoms with Crippen LogP contribution in [0.4, 0.5) is 0 Å². The summed E-state index contributed by atoms with van der Waals surface area (Å²) in [6.45, 7) is 2.27. The first-order chi connectivity index (χ1) is 5.86. The van der Waals surface area contributed by atoms with Gasteiger partial charge in [0.2, 0.25) is 0 Å². The maximum Gasteiger partial charge on any atom is 0.117 e. The van der Waals surface area contributed by atoms with Crippen LogP contribution in [0.1, 0.15) is 23.8 Å². The average Bonchev–Trinajstić information content (AvgIpc) is 2.54. The van der Waals surface area contributed by atoms with Gasteiger partial charge in [-0.3, -0.25) is 0 Å². The minimum absolute atomic E-state index is 0.648. The van der Waals surface area contributed by atoms with Gasteiger partial charge in [-0.15, -0.1) is 11.3 Å². The summed E-state index contributed by atoms with van der Waals surface area (Å²) < 4.78 is 0.980. The molecule has 2 nitrogen and oxygen atoms in total. The molecule has 12 heavy (non-hydrogen) atoms. The molecule has 1 aliphatic rings. The molecule has 2 rings (SSSR count). The lowest BCUT2D eigenvalue weighted by atomic mass is 10.0. The van der Waals surface area contributed by atoms with Gasteiger partial charge in [-0.25, -0.2) is 4.98 Å². The third-order valence-electron chi connectivity index (χ3n) is 2.14. The van der Waals surface area contributed by atoms with Gasteiger partial charge in [-0.1, -0.05) is 0 Å². The first-order valence-corrected chi connectivity index (χ1v) is 5.85. The molecule has 1 aromatic rings. The van der Waals surface area contributed by atoms with E-state index in [-0.39, 0.29) is 0 Å². The van der Waals surface area contributed by atoms with Gasteiger partial charge < -0.3 is 5.32 Å². The minimum atomic E-state index is 0.648. The Hall–Kier alpha value is 0.0700. The van der Waals surface area contributed by atoms with Crippen molar-refractivity contribution >= 4 is 27.3 Å². The van der Waals surface area contributed by atoms with Crippen LogP contribution < -0.4 is 5.32 Å². The summed E-state index contributed by atoms with van der Waals surface area (Å²) in [5.74, 6) is 0.648. The van der Waals surface area contributed by atoms with Gasteiger partial charge >= 0.3 is 0 Å². The number of piperidine rings is 1. The lowest BCUT2D eigenvalue weighted by molar-refractivity contribution is 0.460. The standard InChI is InChI=1S/C8H11BrN2S/c9-7-5-12-8(11-7)6-2-1-3-10-4-6/h5-6,10H,1-4H2. The maximum absolute atomic E-state index is 4.43. The molecule has 1 N–H and O–H groups in total. The van der Waals surface area contributed by atoms with Crippen LogP contribution in [-0.4, -0.2) is 18.1 Å². The summed E-state index contributed by atoms with van der Waals surface area (Å²) in [5.41, 5.74) is 0. The van der Waals surface area contributed by atoms with E-state index in [4.69, 9.17) is 0 Å². The number of hydrogen-bond donors (Lipinski definition) is 1. The largest absolute Gasteiger partial charge is 0.316 e. The smallest absolute Gasteiger partial charge is 0.117 e. The lowest BCUT2D eigenvalue weighted by Crippen LogP contribution is -2.28. The molecule has 1 aliphatic heterocycles. The Labute approximate surface area is 84.5 Å². The molecule has 0 amide bonds. The molecule has 0 aliphatic carbocycles. The summed E-state index contributed by atoms with van der Waals surface area (Å²) >= 11 is 5.14. The molecule has 0 spiro atoms. The molecular formula is C8H11BrN2S. The Morgan fingerprint density at radius 2 is 2.58 bits per heavy atom. The molecule has 1 atom stereocenters. The van der Waals surface area contributed by atoms with Gasteiger partial charge in [0, 0.05) is 17.8 Å². The van der Waals surface area contributed by atoms with Crippen LogP contribution in [0.3, 0.4) is 0 Å². The van der Waals surface area contributed by atoms with Gasteiger partial charge in [0.05, 0.1) is 5.01 Å². The van der Waals surface area contributed by atoms with Crippen molar-refractivity contribution in [2.24, 2.45) is 0 Å². The molecule has 66 valence electrons. The zero-order chi connectivity index (χ0) is 8.39. The fourth-order valence-electron chi connectivity index (χ4n) is 1.52. The van der Waals surface area contributed by atoms with E-state index in [1.165, 1.54) is 24.4 Å². The number of rotatable bonds is 1. The first-order valence-electron chi connectivity index (χ1n) is 4.18. The van der Waals surface area contributed by atoms with E-state index < -0.39 is 0 Å². The average molecular weight is 247 g/mol. The molecule has 1 aromatic heterocycles. The molecule has 0 saturated carbocycles. The SMILES string of the molecule is Brc1csc(C2CCCNC2)n1. The molecule has 1 saturated heterocycles. The van der Waals surface area contributed by atoms with Gasteiger partial charge in [-0.05, 0) is 35.3 Å². The summed E-state index contributed by atoms with van der Waals surface area (Å²) in [6, 6.07) is 0. The van der Waals surface area contributed by atoms with Gasteiger partial charge in [0.25, 0.3) is 0 Å². The Balaban J connectivity index is 2.08. The van der Waals surface area contributed by atoms with Crippen molar-refractivity contribution in [3.63, 3.8) is 0 Å². The van der Waals surface area contributed by atoms with E-state index in [0.717, 1.165) is 11.1 Å². The molecule has 0 aromatic carbocycles. The van der Waals surface area contributed by atoms with Crippen molar-refractivity contribution in [3.8, 4) is 0 Å². The van der Waals surface area contributed by atoms with Crippen molar-refractivity contribution in [1.82, 2.24) is 10.3 Å². The van der Waals surface area contributed by atoms with Gasteiger partial charge in [0.15, 0.2) is 0 Å². The molecular weight excluding hydrogens is 236 g/mol. The van der Waals surface area contributed by atoms with E-state index in [2.05, 4.69) is 31.6 Å². The van der Waals surface area contributed by atoms with Crippen LogP contribution in [0, 0.1) is 0 Å². The number of thiazole rings is 1. The second-order valence-corrected chi connectivity index (χ2v) is 4.75. The van der Waals surface area contributed by atoms with E-state index in [1.807, 2.05) is 0 Å². The van der Waals surface area contributed by atoms with Crippen molar-refractivity contribution in [2.45, 2.75) is 18.8 Å².